The molecule has 1 heterocycles. The van der Waals surface area contributed by atoms with Crippen LogP contribution in [-0.4, -0.2) is 91.8 Å². The summed E-state index contributed by atoms with van der Waals surface area (Å²) in [6.07, 6.45) is -4.28. The molecule has 1 aliphatic heterocycles. The summed E-state index contributed by atoms with van der Waals surface area (Å²) in [6, 6.07) is 3.86. The van der Waals surface area contributed by atoms with E-state index >= 15 is 0 Å². The molecule has 0 aliphatic carbocycles. The monoisotopic (exact) mass is 487 g/mol. The number of benzene rings is 1. The van der Waals surface area contributed by atoms with Crippen molar-refractivity contribution in [2.45, 2.75) is 39.0 Å². The Morgan fingerprint density at radius 2 is 1.65 bits per heavy atom. The van der Waals surface area contributed by atoms with E-state index in [4.69, 9.17) is 4.74 Å². The first-order valence-corrected chi connectivity index (χ1v) is 11.4. The number of ether oxygens (including phenoxy) is 1. The standard InChI is InChI=1S/C23H36F3N5O3/c1-22(2,3)34-21(33)27-10-13-31(12-5-11-30-16-14-29(4)15-17-30)20(32)28-19-8-6-18(7-9-19)23(24,25)26/h6-9H,5,10-17H2,1-4H3,(H,27,33)(H,28,32). The van der Waals surface area contributed by atoms with Gasteiger partial charge in [-0.25, -0.2) is 9.59 Å². The molecule has 0 unspecified atom stereocenters. The van der Waals surface area contributed by atoms with Crippen LogP contribution in [0, 0.1) is 0 Å². The molecule has 0 radical (unpaired) electrons. The third-order valence-electron chi connectivity index (χ3n) is 5.30. The van der Waals surface area contributed by atoms with Crippen LogP contribution >= 0.6 is 0 Å². The zero-order chi connectivity index (χ0) is 25.4. The van der Waals surface area contributed by atoms with Crippen molar-refractivity contribution in [3.63, 3.8) is 0 Å². The molecule has 8 nitrogen and oxygen atoms in total. The highest BCUT2D eigenvalue weighted by Gasteiger charge is 2.30. The van der Waals surface area contributed by atoms with E-state index in [1.54, 1.807) is 25.7 Å². The third kappa shape index (κ3) is 10.2. The van der Waals surface area contributed by atoms with E-state index in [-0.39, 0.29) is 18.8 Å². The summed E-state index contributed by atoms with van der Waals surface area (Å²) in [4.78, 5) is 30.9. The Morgan fingerprint density at radius 3 is 2.21 bits per heavy atom. The Hall–Kier alpha value is -2.53. The fourth-order valence-corrected chi connectivity index (χ4v) is 3.42. The van der Waals surface area contributed by atoms with Crippen LogP contribution in [0.3, 0.4) is 0 Å². The lowest BCUT2D eigenvalue weighted by atomic mass is 10.2. The predicted octanol–water partition coefficient (Wildman–Crippen LogP) is 3.70. The predicted molar refractivity (Wildman–Crippen MR) is 125 cm³/mol. The van der Waals surface area contributed by atoms with Gasteiger partial charge in [0, 0.05) is 51.5 Å². The number of hydrogen-bond donors (Lipinski definition) is 2. The van der Waals surface area contributed by atoms with Crippen molar-refractivity contribution in [2.75, 3.05) is 64.7 Å². The van der Waals surface area contributed by atoms with Crippen molar-refractivity contribution in [3.8, 4) is 0 Å². The first-order valence-electron chi connectivity index (χ1n) is 11.4. The Morgan fingerprint density at radius 1 is 1.03 bits per heavy atom. The number of alkyl carbamates (subject to hydrolysis) is 1. The highest BCUT2D eigenvalue weighted by molar-refractivity contribution is 5.89. The molecule has 11 heteroatoms. The number of rotatable bonds is 8. The van der Waals surface area contributed by atoms with Gasteiger partial charge >= 0.3 is 18.3 Å². The minimum absolute atomic E-state index is 0.184. The molecule has 1 aromatic rings. The molecule has 34 heavy (non-hydrogen) atoms. The van der Waals surface area contributed by atoms with Crippen molar-refractivity contribution >= 4 is 17.8 Å². The van der Waals surface area contributed by atoms with Gasteiger partial charge in [-0.15, -0.1) is 0 Å². The summed E-state index contributed by atoms with van der Waals surface area (Å²) in [7, 11) is 2.09. The number of piperazine rings is 1. The Bertz CT molecular complexity index is 789. The van der Waals surface area contributed by atoms with Gasteiger partial charge in [0.25, 0.3) is 0 Å². The minimum Gasteiger partial charge on any atom is -0.444 e. The highest BCUT2D eigenvalue weighted by Crippen LogP contribution is 2.29. The van der Waals surface area contributed by atoms with E-state index in [1.165, 1.54) is 12.1 Å². The largest absolute Gasteiger partial charge is 0.444 e. The normalized spacial score (nSPS) is 15.6. The van der Waals surface area contributed by atoms with Crippen molar-refractivity contribution < 1.29 is 27.5 Å². The van der Waals surface area contributed by atoms with Crippen molar-refractivity contribution in [3.05, 3.63) is 29.8 Å². The molecule has 2 N–H and O–H groups in total. The second kappa shape index (κ2) is 12.3. The number of anilines is 1. The molecule has 1 saturated heterocycles. The molecule has 0 aromatic heterocycles. The van der Waals surface area contributed by atoms with Gasteiger partial charge in [-0.1, -0.05) is 0 Å². The van der Waals surface area contributed by atoms with Crippen LogP contribution in [-0.2, 0) is 10.9 Å². The maximum absolute atomic E-state index is 12.9. The van der Waals surface area contributed by atoms with Crippen LogP contribution in [0.2, 0.25) is 0 Å². The second-order valence-corrected chi connectivity index (χ2v) is 9.42. The summed E-state index contributed by atoms with van der Waals surface area (Å²) in [5.41, 5.74) is -1.15. The topological polar surface area (TPSA) is 77.2 Å². The average Bonchev–Trinajstić information content (AvgIpc) is 2.72. The van der Waals surface area contributed by atoms with Crippen molar-refractivity contribution in [2.24, 2.45) is 0 Å². The SMILES string of the molecule is CN1CCN(CCCN(CCNC(=O)OC(C)(C)C)C(=O)Nc2ccc(C(F)(F)F)cc2)CC1. The van der Waals surface area contributed by atoms with Gasteiger partial charge in [0.15, 0.2) is 0 Å². The molecule has 192 valence electrons. The highest BCUT2D eigenvalue weighted by atomic mass is 19.4. The summed E-state index contributed by atoms with van der Waals surface area (Å²) < 4.78 is 43.6. The van der Waals surface area contributed by atoms with Crippen LogP contribution in [0.1, 0.15) is 32.8 Å². The van der Waals surface area contributed by atoms with E-state index in [2.05, 4.69) is 27.5 Å². The molecule has 3 amide bonds. The van der Waals surface area contributed by atoms with Crippen molar-refractivity contribution in [1.29, 1.82) is 0 Å². The van der Waals surface area contributed by atoms with Crippen LogP contribution in [0.5, 0.6) is 0 Å². The molecule has 1 aliphatic rings. The van der Waals surface area contributed by atoms with Crippen LogP contribution in [0.15, 0.2) is 24.3 Å². The van der Waals surface area contributed by atoms with Gasteiger partial charge in [0.2, 0.25) is 0 Å². The van der Waals surface area contributed by atoms with Crippen LogP contribution in [0.4, 0.5) is 28.4 Å². The van der Waals surface area contributed by atoms with Crippen molar-refractivity contribution in [1.82, 2.24) is 20.0 Å². The number of amides is 3. The number of halogens is 3. The number of nitrogens with one attached hydrogen (secondary N) is 2. The Balaban J connectivity index is 1.92. The van der Waals surface area contributed by atoms with E-state index in [0.29, 0.717) is 6.54 Å². The number of hydrogen-bond acceptors (Lipinski definition) is 5. The smallest absolute Gasteiger partial charge is 0.416 e. The first kappa shape index (κ1) is 27.7. The van der Waals surface area contributed by atoms with E-state index in [0.717, 1.165) is 51.3 Å². The zero-order valence-electron chi connectivity index (χ0n) is 20.4. The van der Waals surface area contributed by atoms with Crippen LogP contribution < -0.4 is 10.6 Å². The third-order valence-corrected chi connectivity index (χ3v) is 5.30. The van der Waals surface area contributed by atoms with Gasteiger partial charge in [-0.05, 0) is 65.0 Å². The number of likely N-dealkylation sites (N-methyl/N-ethyl adjacent to an activating group) is 1. The maximum Gasteiger partial charge on any atom is 0.416 e. The van der Waals surface area contributed by atoms with Gasteiger partial charge in [0.05, 0.1) is 5.56 Å². The number of urea groups is 1. The number of carbonyl (C=O) groups is 2. The number of carbonyl (C=O) groups excluding carboxylic acids is 2. The maximum atomic E-state index is 12.9. The van der Waals surface area contributed by atoms with E-state index in [1.807, 2.05) is 0 Å². The van der Waals surface area contributed by atoms with Gasteiger partial charge in [-0.2, -0.15) is 13.2 Å². The lowest BCUT2D eigenvalue weighted by Crippen LogP contribution is -2.46. The molecule has 1 aromatic carbocycles. The van der Waals surface area contributed by atoms with Gasteiger partial charge in [-0.3, -0.25) is 0 Å². The second-order valence-electron chi connectivity index (χ2n) is 9.42. The molecule has 0 bridgehead atoms. The fourth-order valence-electron chi connectivity index (χ4n) is 3.42. The number of alkyl halides is 3. The quantitative estimate of drug-likeness (QED) is 0.585. The molecular weight excluding hydrogens is 451 g/mol. The van der Waals surface area contributed by atoms with Gasteiger partial charge in [0.1, 0.15) is 5.60 Å². The lowest BCUT2D eigenvalue weighted by Gasteiger charge is -2.33. The first-order chi connectivity index (χ1) is 15.8. The molecule has 2 rings (SSSR count). The number of nitrogens with zero attached hydrogens (tertiary/aromatic N) is 3. The molecule has 0 spiro atoms. The van der Waals surface area contributed by atoms with Gasteiger partial charge < -0.3 is 30.1 Å². The zero-order valence-corrected chi connectivity index (χ0v) is 20.4. The van der Waals surface area contributed by atoms with E-state index in [9.17, 15) is 22.8 Å². The molecular formula is C23H36F3N5O3. The Kier molecular flexibility index (Phi) is 9.99. The average molecular weight is 488 g/mol. The summed E-state index contributed by atoms with van der Waals surface area (Å²) in [5, 5.41) is 5.28. The summed E-state index contributed by atoms with van der Waals surface area (Å²) >= 11 is 0. The minimum atomic E-state index is -4.44. The molecule has 1 fully saturated rings. The molecule has 0 atom stereocenters. The summed E-state index contributed by atoms with van der Waals surface area (Å²) in [5.74, 6) is 0. The summed E-state index contributed by atoms with van der Waals surface area (Å²) in [6.45, 7) is 10.9. The molecule has 0 saturated carbocycles. The van der Waals surface area contributed by atoms with E-state index < -0.39 is 29.5 Å². The van der Waals surface area contributed by atoms with Crippen LogP contribution in [0.25, 0.3) is 0 Å². The Labute approximate surface area is 199 Å². The fraction of sp³-hybridized carbons (Fsp3) is 0.652. The lowest BCUT2D eigenvalue weighted by molar-refractivity contribution is -0.137.